The molecule has 0 aromatic rings. The van der Waals surface area contributed by atoms with Crippen LogP contribution in [0.15, 0.2) is 23.3 Å². The van der Waals surface area contributed by atoms with Crippen LogP contribution < -0.4 is 0 Å². The number of rotatable bonds is 5. The summed E-state index contributed by atoms with van der Waals surface area (Å²) in [7, 11) is 0. The zero-order valence-corrected chi connectivity index (χ0v) is 22.5. The Balaban J connectivity index is 1.63. The maximum atomic E-state index is 12.8. The average Bonchev–Trinajstić information content (AvgIpc) is 3.00. The van der Waals surface area contributed by atoms with Crippen molar-refractivity contribution >= 4 is 5.78 Å². The van der Waals surface area contributed by atoms with Crippen molar-refractivity contribution in [2.24, 2.45) is 45.3 Å². The van der Waals surface area contributed by atoms with Gasteiger partial charge in [0.1, 0.15) is 5.78 Å². The van der Waals surface area contributed by atoms with Crippen molar-refractivity contribution in [2.45, 2.75) is 120 Å². The second kappa shape index (κ2) is 7.84. The van der Waals surface area contributed by atoms with Crippen LogP contribution in [0.5, 0.6) is 0 Å². The van der Waals surface area contributed by atoms with E-state index in [2.05, 4.69) is 62.0 Å². The first-order valence-electron chi connectivity index (χ1n) is 13.7. The minimum Gasteiger partial charge on any atom is -0.299 e. The maximum absolute atomic E-state index is 12.8. The molecular formula is C31H50O. The minimum atomic E-state index is -0.154. The molecule has 2 saturated carbocycles. The first-order chi connectivity index (χ1) is 14.8. The normalized spacial score (nSPS) is 41.8. The highest BCUT2D eigenvalue weighted by atomic mass is 16.1. The average molecular weight is 439 g/mol. The van der Waals surface area contributed by atoms with Crippen LogP contribution in [-0.4, -0.2) is 5.78 Å². The zero-order valence-electron chi connectivity index (χ0n) is 22.5. The monoisotopic (exact) mass is 438 g/mol. The lowest BCUT2D eigenvalue weighted by atomic mass is 9.43. The SMILES string of the molecule is C=C(CC[C@@H](C)[C@H]1CC[C@@]2(C)C3=C(CC[C@]12C)[C@@]1(C)CCC(=O)C(C)(C)[C@@H]1CC3)C(C)C. The van der Waals surface area contributed by atoms with Crippen LogP contribution in [0, 0.1) is 45.3 Å². The number of fused-ring (bicyclic) bond motifs is 4. The Kier molecular flexibility index (Phi) is 5.95. The minimum absolute atomic E-state index is 0.154. The van der Waals surface area contributed by atoms with Gasteiger partial charge in [0.15, 0.2) is 0 Å². The van der Waals surface area contributed by atoms with Crippen molar-refractivity contribution in [3.63, 3.8) is 0 Å². The third-order valence-corrected chi connectivity index (χ3v) is 12.0. The molecule has 0 spiro atoms. The molecule has 0 bridgehead atoms. The predicted octanol–water partition coefficient (Wildman–Crippen LogP) is 8.93. The van der Waals surface area contributed by atoms with E-state index >= 15 is 0 Å². The first kappa shape index (κ1) is 24.3. The van der Waals surface area contributed by atoms with Crippen molar-refractivity contribution in [1.82, 2.24) is 0 Å². The number of allylic oxidation sites excluding steroid dienone is 3. The van der Waals surface area contributed by atoms with E-state index in [9.17, 15) is 4.79 Å². The number of Topliss-reactive ketones (excluding diaryl/α,β-unsaturated/α-hetero) is 1. The zero-order chi connectivity index (χ0) is 23.7. The van der Waals surface area contributed by atoms with Crippen LogP contribution in [0.2, 0.25) is 0 Å². The van der Waals surface area contributed by atoms with Gasteiger partial charge in [-0.3, -0.25) is 4.79 Å². The molecule has 0 amide bonds. The second-order valence-corrected chi connectivity index (χ2v) is 13.8. The predicted molar refractivity (Wildman–Crippen MR) is 136 cm³/mol. The summed E-state index contributed by atoms with van der Waals surface area (Å²) in [5.74, 6) is 3.25. The van der Waals surface area contributed by atoms with E-state index in [-0.39, 0.29) is 10.8 Å². The van der Waals surface area contributed by atoms with Crippen molar-refractivity contribution < 1.29 is 4.79 Å². The van der Waals surface area contributed by atoms with Gasteiger partial charge < -0.3 is 0 Å². The van der Waals surface area contributed by atoms with Crippen LogP contribution in [0.3, 0.4) is 0 Å². The molecule has 0 saturated heterocycles. The highest BCUT2D eigenvalue weighted by Crippen LogP contribution is 2.72. The van der Waals surface area contributed by atoms with Crippen molar-refractivity contribution in [3.05, 3.63) is 23.3 Å². The van der Waals surface area contributed by atoms with Crippen LogP contribution in [0.1, 0.15) is 120 Å². The fourth-order valence-electron chi connectivity index (χ4n) is 9.35. The van der Waals surface area contributed by atoms with Crippen molar-refractivity contribution in [3.8, 4) is 0 Å². The van der Waals surface area contributed by atoms with Crippen LogP contribution in [0.25, 0.3) is 0 Å². The van der Waals surface area contributed by atoms with Gasteiger partial charge in [0, 0.05) is 11.8 Å². The van der Waals surface area contributed by atoms with Gasteiger partial charge in [-0.05, 0) is 97.7 Å². The van der Waals surface area contributed by atoms with Crippen LogP contribution in [-0.2, 0) is 4.79 Å². The van der Waals surface area contributed by atoms with Gasteiger partial charge in [-0.2, -0.15) is 0 Å². The van der Waals surface area contributed by atoms with E-state index in [0.29, 0.717) is 28.4 Å². The molecule has 2 fully saturated rings. The number of hydrogen-bond donors (Lipinski definition) is 0. The summed E-state index contributed by atoms with van der Waals surface area (Å²) in [6, 6.07) is 0. The third-order valence-electron chi connectivity index (χ3n) is 12.0. The summed E-state index contributed by atoms with van der Waals surface area (Å²) in [4.78, 5) is 12.8. The van der Waals surface area contributed by atoms with E-state index < -0.39 is 0 Å². The van der Waals surface area contributed by atoms with Gasteiger partial charge in [-0.25, -0.2) is 0 Å². The molecule has 0 N–H and O–H groups in total. The van der Waals surface area contributed by atoms with E-state index in [1.54, 1.807) is 5.57 Å². The summed E-state index contributed by atoms with van der Waals surface area (Å²) >= 11 is 0. The van der Waals surface area contributed by atoms with Gasteiger partial charge in [0.2, 0.25) is 0 Å². The fourth-order valence-corrected chi connectivity index (χ4v) is 9.35. The molecule has 0 heterocycles. The smallest absolute Gasteiger partial charge is 0.138 e. The summed E-state index contributed by atoms with van der Waals surface area (Å²) in [5.41, 5.74) is 5.94. The fraction of sp³-hybridized carbons (Fsp3) is 0.839. The Morgan fingerprint density at radius 2 is 1.62 bits per heavy atom. The van der Waals surface area contributed by atoms with Gasteiger partial charge in [0.05, 0.1) is 0 Å². The molecule has 4 rings (SSSR count). The quantitative estimate of drug-likeness (QED) is 0.391. The van der Waals surface area contributed by atoms with Crippen LogP contribution in [0.4, 0.5) is 0 Å². The Hall–Kier alpha value is -0.850. The molecule has 0 aromatic heterocycles. The number of hydrogen-bond acceptors (Lipinski definition) is 1. The standard InChI is InChI=1S/C31H50O/c1-20(2)21(3)10-11-22(4)23-14-18-31(9)25-12-13-26-28(5,6)27(32)16-17-29(26,7)24(25)15-19-30(23,31)8/h20,22-23,26H,3,10-19H2,1-2,4-9H3/t22-,23-,26+,29-,30-,31+/m1/s1. The largest absolute Gasteiger partial charge is 0.299 e. The molecule has 0 aliphatic heterocycles. The Bertz CT molecular complexity index is 827. The van der Waals surface area contributed by atoms with Crippen LogP contribution >= 0.6 is 0 Å². The molecule has 4 aliphatic rings. The molecular weight excluding hydrogens is 388 g/mol. The molecule has 6 atom stereocenters. The van der Waals surface area contributed by atoms with Crippen molar-refractivity contribution in [1.29, 1.82) is 0 Å². The van der Waals surface area contributed by atoms with Gasteiger partial charge in [-0.15, -0.1) is 0 Å². The Morgan fingerprint density at radius 3 is 2.28 bits per heavy atom. The lowest BCUT2D eigenvalue weighted by molar-refractivity contribution is -0.139. The van der Waals surface area contributed by atoms with E-state index in [1.807, 2.05) is 5.57 Å². The molecule has 32 heavy (non-hydrogen) atoms. The summed E-state index contributed by atoms with van der Waals surface area (Å²) in [5, 5.41) is 0. The lowest BCUT2D eigenvalue weighted by Gasteiger charge is -2.61. The summed E-state index contributed by atoms with van der Waals surface area (Å²) < 4.78 is 0. The first-order valence-corrected chi connectivity index (χ1v) is 13.7. The Labute approximate surface area is 198 Å². The molecule has 4 aliphatic carbocycles. The van der Waals surface area contributed by atoms with Gasteiger partial charge >= 0.3 is 0 Å². The third kappa shape index (κ3) is 3.26. The van der Waals surface area contributed by atoms with Gasteiger partial charge in [0.25, 0.3) is 0 Å². The summed E-state index contributed by atoms with van der Waals surface area (Å²) in [6.07, 6.45) is 12.2. The van der Waals surface area contributed by atoms with E-state index in [1.165, 1.54) is 56.9 Å². The molecule has 0 radical (unpaired) electrons. The summed E-state index contributed by atoms with van der Waals surface area (Å²) in [6.45, 7) is 23.8. The molecule has 1 heteroatoms. The molecule has 1 nitrogen and oxygen atoms in total. The highest BCUT2D eigenvalue weighted by Gasteiger charge is 2.63. The van der Waals surface area contributed by atoms with E-state index in [0.717, 1.165) is 24.7 Å². The topological polar surface area (TPSA) is 17.1 Å². The molecule has 0 aromatic carbocycles. The second-order valence-electron chi connectivity index (χ2n) is 13.8. The lowest BCUT2D eigenvalue weighted by Crippen LogP contribution is -2.53. The highest BCUT2D eigenvalue weighted by molar-refractivity contribution is 5.85. The Morgan fingerprint density at radius 1 is 0.938 bits per heavy atom. The maximum Gasteiger partial charge on any atom is 0.138 e. The molecule has 0 unspecified atom stereocenters. The number of carbonyl (C=O) groups excluding carboxylic acids is 1. The van der Waals surface area contributed by atoms with Gasteiger partial charge in [-0.1, -0.05) is 78.7 Å². The number of ketones is 1. The van der Waals surface area contributed by atoms with Crippen molar-refractivity contribution in [2.75, 3.05) is 0 Å². The number of carbonyl (C=O) groups is 1. The molecule has 180 valence electrons. The van der Waals surface area contributed by atoms with E-state index in [4.69, 9.17) is 0 Å².